The first kappa shape index (κ1) is 16.3. The third-order valence-electron chi connectivity index (χ3n) is 3.96. The fraction of sp³-hybridized carbons (Fsp3) is 0.400. The zero-order chi connectivity index (χ0) is 16.3. The van der Waals surface area contributed by atoms with E-state index in [-0.39, 0.29) is 23.0 Å². The Bertz CT molecular complexity index is 670. The first-order chi connectivity index (χ1) is 10.4. The fourth-order valence-corrected chi connectivity index (χ4v) is 2.94. The van der Waals surface area contributed by atoms with Gasteiger partial charge in [-0.2, -0.15) is 0 Å². The van der Waals surface area contributed by atoms with Gasteiger partial charge in [-0.15, -0.1) is 6.58 Å². The first-order valence-electron chi connectivity index (χ1n) is 6.91. The summed E-state index contributed by atoms with van der Waals surface area (Å²) in [7, 11) is 0. The predicted octanol–water partition coefficient (Wildman–Crippen LogP) is 1.91. The normalized spacial score (nSPS) is 21.4. The average molecular weight is 325 g/mol. The van der Waals surface area contributed by atoms with E-state index in [4.69, 9.17) is 11.6 Å². The SMILES string of the molecule is C=CC[C@@]1(C(=O)O)CCCN(C(=O)c2c[nH]c(=O)c(Cl)c2)C1. The highest BCUT2D eigenvalue weighted by Gasteiger charge is 2.42. The molecule has 2 rings (SSSR count). The molecule has 1 fully saturated rings. The second kappa shape index (κ2) is 6.36. The summed E-state index contributed by atoms with van der Waals surface area (Å²) in [4.78, 5) is 39.2. The van der Waals surface area contributed by atoms with Gasteiger partial charge in [0.15, 0.2) is 0 Å². The minimum absolute atomic E-state index is 0.0709. The lowest BCUT2D eigenvalue weighted by Gasteiger charge is -2.39. The quantitative estimate of drug-likeness (QED) is 0.828. The molecule has 0 aromatic carbocycles. The fourth-order valence-electron chi connectivity index (χ4n) is 2.77. The molecule has 1 saturated heterocycles. The van der Waals surface area contributed by atoms with Crippen LogP contribution in [0.25, 0.3) is 0 Å². The maximum atomic E-state index is 12.5. The number of pyridine rings is 1. The number of piperidine rings is 1. The summed E-state index contributed by atoms with van der Waals surface area (Å²) in [5.74, 6) is -1.27. The second-order valence-electron chi connectivity index (χ2n) is 5.47. The minimum Gasteiger partial charge on any atom is -0.481 e. The topological polar surface area (TPSA) is 90.5 Å². The van der Waals surface area contributed by atoms with Gasteiger partial charge in [0.25, 0.3) is 11.5 Å². The molecular formula is C15H17ClN2O4. The number of hydrogen-bond donors (Lipinski definition) is 2. The summed E-state index contributed by atoms with van der Waals surface area (Å²) in [5, 5.41) is 9.45. The van der Waals surface area contributed by atoms with Crippen molar-refractivity contribution in [2.24, 2.45) is 5.41 Å². The number of carbonyl (C=O) groups excluding carboxylic acids is 1. The first-order valence-corrected chi connectivity index (χ1v) is 7.29. The van der Waals surface area contributed by atoms with Crippen molar-refractivity contribution in [3.63, 3.8) is 0 Å². The van der Waals surface area contributed by atoms with Crippen molar-refractivity contribution in [3.8, 4) is 0 Å². The van der Waals surface area contributed by atoms with Crippen molar-refractivity contribution in [1.82, 2.24) is 9.88 Å². The molecule has 0 unspecified atom stereocenters. The van der Waals surface area contributed by atoms with E-state index >= 15 is 0 Å². The van der Waals surface area contributed by atoms with Gasteiger partial charge in [0, 0.05) is 19.3 Å². The van der Waals surface area contributed by atoms with E-state index in [2.05, 4.69) is 11.6 Å². The number of rotatable bonds is 4. The van der Waals surface area contributed by atoms with Crippen molar-refractivity contribution in [2.45, 2.75) is 19.3 Å². The van der Waals surface area contributed by atoms with Crippen molar-refractivity contribution in [3.05, 3.63) is 45.9 Å². The van der Waals surface area contributed by atoms with Crippen LogP contribution in [0.2, 0.25) is 5.02 Å². The van der Waals surface area contributed by atoms with Gasteiger partial charge >= 0.3 is 5.97 Å². The lowest BCUT2D eigenvalue weighted by atomic mass is 9.77. The number of hydrogen-bond acceptors (Lipinski definition) is 3. The van der Waals surface area contributed by atoms with Gasteiger partial charge in [0.05, 0.1) is 11.0 Å². The lowest BCUT2D eigenvalue weighted by Crippen LogP contribution is -2.49. The van der Waals surface area contributed by atoms with Crippen molar-refractivity contribution in [2.75, 3.05) is 13.1 Å². The van der Waals surface area contributed by atoms with Crippen LogP contribution in [0.1, 0.15) is 29.6 Å². The molecule has 1 amide bonds. The van der Waals surface area contributed by atoms with Gasteiger partial charge in [-0.3, -0.25) is 14.4 Å². The number of likely N-dealkylation sites (tertiary alicyclic amines) is 1. The van der Waals surface area contributed by atoms with Crippen LogP contribution in [0.4, 0.5) is 0 Å². The number of H-pyrrole nitrogens is 1. The number of amides is 1. The van der Waals surface area contributed by atoms with Crippen LogP contribution in [0.5, 0.6) is 0 Å². The number of carboxylic acid groups (broad SMARTS) is 1. The molecule has 2 heterocycles. The number of allylic oxidation sites excluding steroid dienone is 1. The molecule has 1 aromatic heterocycles. The molecule has 1 atom stereocenters. The lowest BCUT2D eigenvalue weighted by molar-refractivity contribution is -0.151. The molecule has 0 bridgehead atoms. The summed E-state index contributed by atoms with van der Waals surface area (Å²) in [6.07, 6.45) is 4.27. The van der Waals surface area contributed by atoms with Gasteiger partial charge in [0.2, 0.25) is 0 Å². The summed E-state index contributed by atoms with van der Waals surface area (Å²) >= 11 is 5.73. The molecule has 22 heavy (non-hydrogen) atoms. The summed E-state index contributed by atoms with van der Waals surface area (Å²) < 4.78 is 0. The number of nitrogens with one attached hydrogen (secondary N) is 1. The standard InChI is InChI=1S/C15H17ClN2O4/c1-2-4-15(14(21)22)5-3-6-18(9-15)13(20)10-7-11(16)12(19)17-8-10/h2,7-8H,1,3-6,9H2,(H,17,19)(H,21,22)/t15-/m1/s1. The van der Waals surface area contributed by atoms with Crippen LogP contribution >= 0.6 is 11.6 Å². The molecule has 0 radical (unpaired) electrons. The Morgan fingerprint density at radius 1 is 1.55 bits per heavy atom. The molecule has 0 saturated carbocycles. The van der Waals surface area contributed by atoms with Crippen LogP contribution in [0, 0.1) is 5.41 Å². The zero-order valence-electron chi connectivity index (χ0n) is 12.0. The molecule has 2 N–H and O–H groups in total. The third kappa shape index (κ3) is 3.06. The Kier molecular flexibility index (Phi) is 4.71. The van der Waals surface area contributed by atoms with E-state index in [1.807, 2.05) is 0 Å². The van der Waals surface area contributed by atoms with Gasteiger partial charge in [0.1, 0.15) is 5.02 Å². The van der Waals surface area contributed by atoms with Crippen molar-refractivity contribution >= 4 is 23.5 Å². The number of halogens is 1. The molecule has 118 valence electrons. The number of aromatic nitrogens is 1. The van der Waals surface area contributed by atoms with E-state index in [1.54, 1.807) is 6.08 Å². The Labute approximate surface area is 132 Å². The molecule has 1 aromatic rings. The molecule has 0 aliphatic carbocycles. The number of carbonyl (C=O) groups is 2. The largest absolute Gasteiger partial charge is 0.481 e. The Morgan fingerprint density at radius 2 is 2.27 bits per heavy atom. The van der Waals surface area contributed by atoms with Crippen molar-refractivity contribution in [1.29, 1.82) is 0 Å². The van der Waals surface area contributed by atoms with E-state index in [0.717, 1.165) is 0 Å². The van der Waals surface area contributed by atoms with Crippen molar-refractivity contribution < 1.29 is 14.7 Å². The third-order valence-corrected chi connectivity index (χ3v) is 4.24. The Morgan fingerprint density at radius 3 is 2.86 bits per heavy atom. The number of nitrogens with zero attached hydrogens (tertiary/aromatic N) is 1. The molecule has 1 aliphatic heterocycles. The van der Waals surface area contributed by atoms with E-state index in [9.17, 15) is 19.5 Å². The van der Waals surface area contributed by atoms with Gasteiger partial charge in [-0.1, -0.05) is 17.7 Å². The van der Waals surface area contributed by atoms with Crippen LogP contribution in [0.15, 0.2) is 29.7 Å². The second-order valence-corrected chi connectivity index (χ2v) is 5.88. The molecule has 1 aliphatic rings. The highest BCUT2D eigenvalue weighted by atomic mass is 35.5. The van der Waals surface area contributed by atoms with E-state index in [1.165, 1.54) is 17.2 Å². The van der Waals surface area contributed by atoms with Crippen LogP contribution in [-0.4, -0.2) is 40.0 Å². The Balaban J connectivity index is 2.26. The highest BCUT2D eigenvalue weighted by Crippen LogP contribution is 2.34. The Hall–Kier alpha value is -2.08. The summed E-state index contributed by atoms with van der Waals surface area (Å²) in [6, 6.07) is 1.30. The maximum absolute atomic E-state index is 12.5. The maximum Gasteiger partial charge on any atom is 0.311 e. The summed E-state index contributed by atoms with van der Waals surface area (Å²) in [5.41, 5.74) is -1.23. The summed E-state index contributed by atoms with van der Waals surface area (Å²) in [6.45, 7) is 4.20. The number of aromatic amines is 1. The van der Waals surface area contributed by atoms with Crippen LogP contribution < -0.4 is 5.56 Å². The van der Waals surface area contributed by atoms with Gasteiger partial charge < -0.3 is 15.0 Å². The predicted molar refractivity (Wildman–Crippen MR) is 82.1 cm³/mol. The number of carboxylic acids is 1. The van der Waals surface area contributed by atoms with Crippen LogP contribution in [-0.2, 0) is 4.79 Å². The van der Waals surface area contributed by atoms with Gasteiger partial charge in [-0.05, 0) is 25.3 Å². The van der Waals surface area contributed by atoms with E-state index in [0.29, 0.717) is 25.8 Å². The average Bonchev–Trinajstić information content (AvgIpc) is 2.49. The van der Waals surface area contributed by atoms with Crippen LogP contribution in [0.3, 0.4) is 0 Å². The molecule has 0 spiro atoms. The minimum atomic E-state index is -0.998. The van der Waals surface area contributed by atoms with E-state index < -0.39 is 16.9 Å². The smallest absolute Gasteiger partial charge is 0.311 e. The zero-order valence-corrected chi connectivity index (χ0v) is 12.7. The highest BCUT2D eigenvalue weighted by molar-refractivity contribution is 6.30. The number of aliphatic carboxylic acids is 1. The molecule has 6 nitrogen and oxygen atoms in total. The van der Waals surface area contributed by atoms with Gasteiger partial charge in [-0.25, -0.2) is 0 Å². The monoisotopic (exact) mass is 324 g/mol. The molecular weight excluding hydrogens is 308 g/mol. The molecule has 7 heteroatoms.